The van der Waals surface area contributed by atoms with Crippen molar-refractivity contribution in [2.75, 3.05) is 5.32 Å². The highest BCUT2D eigenvalue weighted by Gasteiger charge is 2.27. The summed E-state index contributed by atoms with van der Waals surface area (Å²) in [5, 5.41) is 14.2. The number of amides is 1. The van der Waals surface area contributed by atoms with Crippen LogP contribution in [0.1, 0.15) is 34.8 Å². The number of para-hydroxylation sites is 1. The standard InChI is InChI=1S/C19H14FN3O3/c20-15-8-7-12(9-18(15)23(25)26)21-19(24)14-10-17(11-5-6-11)22-16-4-2-1-3-13(14)16/h1-4,7-11H,5-6H2,(H,21,24). The van der Waals surface area contributed by atoms with E-state index < -0.39 is 22.3 Å². The van der Waals surface area contributed by atoms with Crippen LogP contribution in [-0.2, 0) is 0 Å². The summed E-state index contributed by atoms with van der Waals surface area (Å²) < 4.78 is 13.5. The molecular weight excluding hydrogens is 337 g/mol. The van der Waals surface area contributed by atoms with Gasteiger partial charge in [-0.05, 0) is 37.1 Å². The smallest absolute Gasteiger partial charge is 0.306 e. The number of hydrogen-bond donors (Lipinski definition) is 1. The highest BCUT2D eigenvalue weighted by molar-refractivity contribution is 6.12. The fourth-order valence-electron chi connectivity index (χ4n) is 2.90. The van der Waals surface area contributed by atoms with E-state index in [4.69, 9.17) is 0 Å². The lowest BCUT2D eigenvalue weighted by molar-refractivity contribution is -0.387. The predicted molar refractivity (Wildman–Crippen MR) is 94.7 cm³/mol. The minimum absolute atomic E-state index is 0.164. The number of carbonyl (C=O) groups is 1. The van der Waals surface area contributed by atoms with Crippen molar-refractivity contribution >= 4 is 28.2 Å². The zero-order valence-electron chi connectivity index (χ0n) is 13.6. The molecule has 4 rings (SSSR count). The number of nitro groups is 1. The van der Waals surface area contributed by atoms with Crippen molar-refractivity contribution in [3.05, 3.63) is 75.7 Å². The highest BCUT2D eigenvalue weighted by atomic mass is 19.1. The van der Waals surface area contributed by atoms with E-state index in [2.05, 4.69) is 10.3 Å². The van der Waals surface area contributed by atoms with E-state index in [-0.39, 0.29) is 5.69 Å². The van der Waals surface area contributed by atoms with Crippen LogP contribution in [0.5, 0.6) is 0 Å². The molecule has 1 heterocycles. The van der Waals surface area contributed by atoms with Gasteiger partial charge in [-0.2, -0.15) is 4.39 Å². The van der Waals surface area contributed by atoms with Gasteiger partial charge in [-0.3, -0.25) is 19.9 Å². The van der Waals surface area contributed by atoms with Gasteiger partial charge in [-0.25, -0.2) is 0 Å². The zero-order valence-corrected chi connectivity index (χ0v) is 13.6. The minimum atomic E-state index is -0.946. The Morgan fingerprint density at radius 1 is 1.19 bits per heavy atom. The van der Waals surface area contributed by atoms with E-state index in [0.29, 0.717) is 16.9 Å². The zero-order chi connectivity index (χ0) is 18.3. The van der Waals surface area contributed by atoms with Gasteiger partial charge in [0.05, 0.1) is 16.0 Å². The molecule has 2 aromatic carbocycles. The molecule has 0 aliphatic heterocycles. The highest BCUT2D eigenvalue weighted by Crippen LogP contribution is 2.40. The number of pyridine rings is 1. The van der Waals surface area contributed by atoms with E-state index in [9.17, 15) is 19.3 Å². The molecule has 1 aliphatic carbocycles. The molecule has 1 fully saturated rings. The van der Waals surface area contributed by atoms with E-state index >= 15 is 0 Å². The van der Waals surface area contributed by atoms with Gasteiger partial charge >= 0.3 is 5.69 Å². The largest absolute Gasteiger partial charge is 0.322 e. The maximum absolute atomic E-state index is 13.5. The van der Waals surface area contributed by atoms with Crippen LogP contribution in [-0.4, -0.2) is 15.8 Å². The number of nitro benzene ring substituents is 1. The molecule has 1 amide bonds. The summed E-state index contributed by atoms with van der Waals surface area (Å²) in [6.07, 6.45) is 2.10. The molecule has 1 aromatic heterocycles. The summed E-state index contributed by atoms with van der Waals surface area (Å²) in [7, 11) is 0. The molecule has 0 saturated heterocycles. The number of anilines is 1. The van der Waals surface area contributed by atoms with Gasteiger partial charge in [0.1, 0.15) is 0 Å². The summed E-state index contributed by atoms with van der Waals surface area (Å²) in [5.74, 6) is -0.983. The van der Waals surface area contributed by atoms with Crippen molar-refractivity contribution in [3.63, 3.8) is 0 Å². The van der Waals surface area contributed by atoms with Crippen LogP contribution in [0.3, 0.4) is 0 Å². The topological polar surface area (TPSA) is 85.1 Å². The molecule has 0 unspecified atom stereocenters. The lowest BCUT2D eigenvalue weighted by Gasteiger charge is -2.10. The molecule has 1 aliphatic rings. The SMILES string of the molecule is O=C(Nc1ccc(F)c([N+](=O)[O-])c1)c1cc(C2CC2)nc2ccccc12. The monoisotopic (exact) mass is 351 g/mol. The summed E-state index contributed by atoms with van der Waals surface area (Å²) in [4.78, 5) is 27.5. The first-order valence-electron chi connectivity index (χ1n) is 8.18. The number of halogens is 1. The second-order valence-electron chi connectivity index (χ2n) is 6.26. The van der Waals surface area contributed by atoms with Crippen molar-refractivity contribution in [1.82, 2.24) is 4.98 Å². The lowest BCUT2D eigenvalue weighted by atomic mass is 10.1. The first-order valence-corrected chi connectivity index (χ1v) is 8.18. The molecule has 7 heteroatoms. The van der Waals surface area contributed by atoms with Crippen molar-refractivity contribution in [1.29, 1.82) is 0 Å². The van der Waals surface area contributed by atoms with E-state index in [1.54, 1.807) is 12.1 Å². The number of rotatable bonds is 4. The van der Waals surface area contributed by atoms with Crippen LogP contribution < -0.4 is 5.32 Å². The van der Waals surface area contributed by atoms with E-state index in [1.807, 2.05) is 18.2 Å². The van der Waals surface area contributed by atoms with E-state index in [0.717, 1.165) is 36.2 Å². The number of hydrogen-bond acceptors (Lipinski definition) is 4. The van der Waals surface area contributed by atoms with Crippen molar-refractivity contribution < 1.29 is 14.1 Å². The van der Waals surface area contributed by atoms with Crippen LogP contribution in [0.25, 0.3) is 10.9 Å². The average Bonchev–Trinajstić information content (AvgIpc) is 3.47. The molecular formula is C19H14FN3O3. The Hall–Kier alpha value is -3.35. The number of nitrogens with zero attached hydrogens (tertiary/aromatic N) is 2. The predicted octanol–water partition coefficient (Wildman–Crippen LogP) is 4.41. The van der Waals surface area contributed by atoms with Crippen molar-refractivity contribution in [2.45, 2.75) is 18.8 Å². The summed E-state index contributed by atoms with van der Waals surface area (Å²) in [6, 6.07) is 12.4. The van der Waals surface area contributed by atoms with Gasteiger partial charge in [-0.1, -0.05) is 18.2 Å². The number of carbonyl (C=O) groups excluding carboxylic acids is 1. The fourth-order valence-corrected chi connectivity index (χ4v) is 2.90. The number of aromatic nitrogens is 1. The Bertz CT molecular complexity index is 1050. The number of nitrogens with one attached hydrogen (secondary N) is 1. The van der Waals surface area contributed by atoms with Crippen molar-refractivity contribution in [2.24, 2.45) is 0 Å². The molecule has 3 aromatic rings. The summed E-state index contributed by atoms with van der Waals surface area (Å²) >= 11 is 0. The Labute approximate surface area is 147 Å². The van der Waals surface area contributed by atoms with Crippen LogP contribution in [0.15, 0.2) is 48.5 Å². The van der Waals surface area contributed by atoms with Crippen LogP contribution in [0.4, 0.5) is 15.8 Å². The average molecular weight is 351 g/mol. The van der Waals surface area contributed by atoms with Gasteiger partial charge in [0.25, 0.3) is 5.91 Å². The van der Waals surface area contributed by atoms with Gasteiger partial charge in [0.2, 0.25) is 5.82 Å². The molecule has 0 radical (unpaired) electrons. The first kappa shape index (κ1) is 16.1. The summed E-state index contributed by atoms with van der Waals surface area (Å²) in [6.45, 7) is 0. The Morgan fingerprint density at radius 2 is 1.96 bits per heavy atom. The first-order chi connectivity index (χ1) is 12.5. The second kappa shape index (κ2) is 6.18. The molecule has 6 nitrogen and oxygen atoms in total. The molecule has 0 bridgehead atoms. The fraction of sp³-hybridized carbons (Fsp3) is 0.158. The Morgan fingerprint density at radius 3 is 2.69 bits per heavy atom. The van der Waals surface area contributed by atoms with Crippen LogP contribution in [0, 0.1) is 15.9 Å². The molecule has 1 N–H and O–H groups in total. The van der Waals surface area contributed by atoms with Crippen LogP contribution in [0.2, 0.25) is 0 Å². The Kier molecular flexibility index (Phi) is 3.84. The molecule has 0 spiro atoms. The Balaban J connectivity index is 1.72. The third-order valence-electron chi connectivity index (χ3n) is 4.38. The molecule has 1 saturated carbocycles. The van der Waals surface area contributed by atoms with E-state index in [1.165, 1.54) is 6.07 Å². The van der Waals surface area contributed by atoms with Gasteiger partial charge in [0.15, 0.2) is 0 Å². The third kappa shape index (κ3) is 2.99. The van der Waals surface area contributed by atoms with Crippen molar-refractivity contribution in [3.8, 4) is 0 Å². The lowest BCUT2D eigenvalue weighted by Crippen LogP contribution is -2.13. The molecule has 130 valence electrons. The normalized spacial score (nSPS) is 13.6. The molecule has 0 atom stereocenters. The minimum Gasteiger partial charge on any atom is -0.322 e. The van der Waals surface area contributed by atoms with Gasteiger partial charge in [0, 0.05) is 28.8 Å². The number of fused-ring (bicyclic) bond motifs is 1. The quantitative estimate of drug-likeness (QED) is 0.557. The van der Waals surface area contributed by atoms with Crippen LogP contribution >= 0.6 is 0 Å². The number of benzene rings is 2. The molecule has 26 heavy (non-hydrogen) atoms. The summed E-state index contributed by atoms with van der Waals surface area (Å²) in [5.41, 5.74) is 1.54. The third-order valence-corrected chi connectivity index (χ3v) is 4.38. The maximum atomic E-state index is 13.5. The second-order valence-corrected chi connectivity index (χ2v) is 6.26. The van der Waals surface area contributed by atoms with Gasteiger partial charge in [-0.15, -0.1) is 0 Å². The maximum Gasteiger partial charge on any atom is 0.306 e. The van der Waals surface area contributed by atoms with Gasteiger partial charge < -0.3 is 5.32 Å².